The van der Waals surface area contributed by atoms with Crippen LogP contribution in [0.2, 0.25) is 0 Å². The van der Waals surface area contributed by atoms with Gasteiger partial charge in [-0.15, -0.1) is 0 Å². The van der Waals surface area contributed by atoms with Gasteiger partial charge in [0.2, 0.25) is 5.91 Å². The van der Waals surface area contributed by atoms with Crippen molar-refractivity contribution in [3.05, 3.63) is 48.2 Å². The first-order chi connectivity index (χ1) is 12.3. The molecule has 0 bridgehead atoms. The number of H-pyrrole nitrogens is 1. The summed E-state index contributed by atoms with van der Waals surface area (Å²) in [7, 11) is -3.73. The summed E-state index contributed by atoms with van der Waals surface area (Å²) < 4.78 is 28.1. The van der Waals surface area contributed by atoms with Gasteiger partial charge in [-0.2, -0.15) is 5.10 Å². The van der Waals surface area contributed by atoms with E-state index < -0.39 is 10.0 Å². The van der Waals surface area contributed by atoms with Gasteiger partial charge in [-0.25, -0.2) is 8.42 Å². The summed E-state index contributed by atoms with van der Waals surface area (Å²) in [4.78, 5) is 13.7. The Morgan fingerprint density at radius 2 is 2.08 bits per heavy atom. The van der Waals surface area contributed by atoms with Crippen LogP contribution in [0.5, 0.6) is 0 Å². The quantitative estimate of drug-likeness (QED) is 0.741. The first-order valence-electron chi connectivity index (χ1n) is 8.24. The van der Waals surface area contributed by atoms with Crippen LogP contribution in [0.1, 0.15) is 19.4 Å². The molecule has 26 heavy (non-hydrogen) atoms. The highest BCUT2D eigenvalue weighted by Crippen LogP contribution is 2.34. The molecule has 8 heteroatoms. The Morgan fingerprint density at radius 3 is 2.85 bits per heavy atom. The molecule has 0 radical (unpaired) electrons. The highest BCUT2D eigenvalue weighted by atomic mass is 32.2. The maximum absolute atomic E-state index is 12.8. The summed E-state index contributed by atoms with van der Waals surface area (Å²) in [5.41, 5.74) is 2.86. The molecular formula is C18H18N4O3S. The van der Waals surface area contributed by atoms with E-state index in [-0.39, 0.29) is 16.8 Å². The number of rotatable bonds is 3. The van der Waals surface area contributed by atoms with E-state index >= 15 is 0 Å². The van der Waals surface area contributed by atoms with Crippen LogP contribution in [-0.4, -0.2) is 30.6 Å². The molecule has 0 fully saturated rings. The minimum absolute atomic E-state index is 0.0243. The number of anilines is 2. The van der Waals surface area contributed by atoms with Gasteiger partial charge in [-0.05, 0) is 55.3 Å². The molecule has 134 valence electrons. The summed E-state index contributed by atoms with van der Waals surface area (Å²) in [6, 6.07) is 10.1. The lowest BCUT2D eigenvalue weighted by atomic mass is 10.1. The molecule has 2 aromatic carbocycles. The summed E-state index contributed by atoms with van der Waals surface area (Å²) in [6.45, 7) is 3.47. The Balaban J connectivity index is 1.66. The second kappa shape index (κ2) is 5.84. The number of nitrogens with zero attached hydrogens (tertiary/aromatic N) is 2. The van der Waals surface area contributed by atoms with E-state index in [1.165, 1.54) is 13.0 Å². The third-order valence-electron chi connectivity index (χ3n) is 4.61. The number of fused-ring (bicyclic) bond motifs is 2. The fourth-order valence-corrected chi connectivity index (χ4v) is 4.57. The Morgan fingerprint density at radius 1 is 1.27 bits per heavy atom. The third kappa shape index (κ3) is 2.72. The molecule has 7 nitrogen and oxygen atoms in total. The molecule has 1 atom stereocenters. The Bertz CT molecular complexity index is 1120. The molecule has 1 aliphatic heterocycles. The number of carbonyl (C=O) groups is 1. The van der Waals surface area contributed by atoms with Crippen LogP contribution < -0.4 is 9.62 Å². The lowest BCUT2D eigenvalue weighted by Gasteiger charge is -2.20. The van der Waals surface area contributed by atoms with Crippen molar-refractivity contribution in [1.29, 1.82) is 0 Å². The van der Waals surface area contributed by atoms with Gasteiger partial charge in [0.25, 0.3) is 10.0 Å². The third-order valence-corrected chi connectivity index (χ3v) is 5.99. The smallest absolute Gasteiger partial charge is 0.261 e. The fourth-order valence-electron chi connectivity index (χ4n) is 3.47. The molecule has 1 unspecified atom stereocenters. The maximum Gasteiger partial charge on any atom is 0.261 e. The highest BCUT2D eigenvalue weighted by Gasteiger charge is 2.30. The Kier molecular flexibility index (Phi) is 3.73. The number of carbonyl (C=O) groups excluding carboxylic acids is 1. The molecule has 4 rings (SSSR count). The first kappa shape index (κ1) is 16.6. The summed E-state index contributed by atoms with van der Waals surface area (Å²) in [5, 5.41) is 7.65. The second-order valence-electron chi connectivity index (χ2n) is 6.51. The molecule has 2 N–H and O–H groups in total. The lowest BCUT2D eigenvalue weighted by molar-refractivity contribution is -0.116. The molecule has 2 heterocycles. The molecule has 0 aliphatic carbocycles. The number of benzene rings is 2. The topological polar surface area (TPSA) is 95.2 Å². The van der Waals surface area contributed by atoms with Gasteiger partial charge in [-0.3, -0.25) is 14.6 Å². The van der Waals surface area contributed by atoms with Crippen LogP contribution in [0.25, 0.3) is 10.9 Å². The number of nitrogens with one attached hydrogen (secondary N) is 2. The minimum Gasteiger partial charge on any atom is -0.309 e. The summed E-state index contributed by atoms with van der Waals surface area (Å²) in [5.74, 6) is -0.0437. The number of hydrogen-bond acceptors (Lipinski definition) is 4. The summed E-state index contributed by atoms with van der Waals surface area (Å²) >= 11 is 0. The highest BCUT2D eigenvalue weighted by molar-refractivity contribution is 7.92. The Labute approximate surface area is 151 Å². The Hall–Kier alpha value is -2.87. The van der Waals surface area contributed by atoms with Gasteiger partial charge in [-0.1, -0.05) is 0 Å². The average molecular weight is 370 g/mol. The second-order valence-corrected chi connectivity index (χ2v) is 8.19. The normalized spacial score (nSPS) is 16.7. The number of hydrogen-bond donors (Lipinski definition) is 2. The van der Waals surface area contributed by atoms with E-state index in [0.717, 1.165) is 22.2 Å². The molecule has 0 spiro atoms. The van der Waals surface area contributed by atoms with Crippen molar-refractivity contribution in [2.24, 2.45) is 0 Å². The number of sulfonamides is 1. The van der Waals surface area contributed by atoms with Gasteiger partial charge in [0.15, 0.2) is 0 Å². The van der Waals surface area contributed by atoms with E-state index in [0.29, 0.717) is 12.1 Å². The van der Waals surface area contributed by atoms with E-state index in [4.69, 9.17) is 0 Å². The molecule has 0 saturated heterocycles. The van der Waals surface area contributed by atoms with Crippen LogP contribution in [0, 0.1) is 0 Å². The van der Waals surface area contributed by atoms with Gasteiger partial charge in [0.1, 0.15) is 0 Å². The van der Waals surface area contributed by atoms with Crippen molar-refractivity contribution in [3.63, 3.8) is 0 Å². The van der Waals surface area contributed by atoms with E-state index in [2.05, 4.69) is 14.9 Å². The maximum atomic E-state index is 12.8. The average Bonchev–Trinajstić information content (AvgIpc) is 3.15. The number of aromatic amines is 1. The van der Waals surface area contributed by atoms with E-state index in [1.807, 2.05) is 6.92 Å². The predicted molar refractivity (Wildman–Crippen MR) is 99.7 cm³/mol. The molecule has 1 aromatic heterocycles. The van der Waals surface area contributed by atoms with Crippen LogP contribution in [0.15, 0.2) is 47.5 Å². The van der Waals surface area contributed by atoms with Gasteiger partial charge >= 0.3 is 0 Å². The van der Waals surface area contributed by atoms with Crippen molar-refractivity contribution in [2.75, 3.05) is 9.62 Å². The molecular weight excluding hydrogens is 352 g/mol. The van der Waals surface area contributed by atoms with Crippen molar-refractivity contribution >= 4 is 38.2 Å². The summed E-state index contributed by atoms with van der Waals surface area (Å²) in [6.07, 6.45) is 2.31. The van der Waals surface area contributed by atoms with Crippen molar-refractivity contribution in [1.82, 2.24) is 10.2 Å². The van der Waals surface area contributed by atoms with Crippen molar-refractivity contribution in [3.8, 4) is 0 Å². The minimum atomic E-state index is -3.73. The molecule has 0 saturated carbocycles. The van der Waals surface area contributed by atoms with Crippen LogP contribution in [0.3, 0.4) is 0 Å². The van der Waals surface area contributed by atoms with E-state index in [1.54, 1.807) is 41.4 Å². The predicted octanol–water partition coefficient (Wildman–Crippen LogP) is 2.66. The molecule has 1 aliphatic rings. The van der Waals surface area contributed by atoms with Gasteiger partial charge in [0, 0.05) is 24.0 Å². The van der Waals surface area contributed by atoms with Crippen molar-refractivity contribution in [2.45, 2.75) is 31.2 Å². The van der Waals surface area contributed by atoms with Gasteiger partial charge in [0.05, 0.1) is 22.3 Å². The van der Waals surface area contributed by atoms with Crippen molar-refractivity contribution < 1.29 is 13.2 Å². The van der Waals surface area contributed by atoms with E-state index in [9.17, 15) is 13.2 Å². The molecule has 3 aromatic rings. The van der Waals surface area contributed by atoms with Crippen LogP contribution in [-0.2, 0) is 21.2 Å². The zero-order valence-corrected chi connectivity index (χ0v) is 15.2. The zero-order valence-electron chi connectivity index (χ0n) is 14.4. The largest absolute Gasteiger partial charge is 0.309 e. The number of amides is 1. The van der Waals surface area contributed by atoms with Gasteiger partial charge < -0.3 is 4.90 Å². The number of aromatic nitrogens is 2. The fraction of sp³-hybridized carbons (Fsp3) is 0.222. The lowest BCUT2D eigenvalue weighted by Crippen LogP contribution is -2.33. The SMILES string of the molecule is CC(=O)N1c2ccc(S(=O)(=O)Nc3ccc4cn[nH]c4c3)cc2CC1C. The first-order valence-corrected chi connectivity index (χ1v) is 9.72. The zero-order chi connectivity index (χ0) is 18.5. The standard InChI is InChI=1S/C18H18N4O3S/c1-11-7-14-8-16(5-6-18(14)22(11)12(2)23)26(24,25)21-15-4-3-13-10-19-20-17(13)9-15/h3-6,8-11,21H,7H2,1-2H3,(H,19,20). The molecule has 1 amide bonds. The van der Waals surface area contributed by atoms with Crippen LogP contribution >= 0.6 is 0 Å². The monoisotopic (exact) mass is 370 g/mol. The van der Waals surface area contributed by atoms with Crippen LogP contribution in [0.4, 0.5) is 11.4 Å².